The third-order valence-corrected chi connectivity index (χ3v) is 5.05. The number of ether oxygens (including phenoxy) is 1. The molecule has 5 nitrogen and oxygen atoms in total. The van der Waals surface area contributed by atoms with Crippen LogP contribution in [0.25, 0.3) is 10.6 Å². The number of methoxy groups -OCH3 is 1. The molecule has 0 aromatic carbocycles. The van der Waals surface area contributed by atoms with Gasteiger partial charge in [0, 0.05) is 28.9 Å². The van der Waals surface area contributed by atoms with Gasteiger partial charge in [-0.15, -0.1) is 22.7 Å². The summed E-state index contributed by atoms with van der Waals surface area (Å²) in [4.78, 5) is 17.3. The maximum absolute atomic E-state index is 11.8. The Morgan fingerprint density at radius 2 is 2.35 bits per heavy atom. The molecule has 2 heterocycles. The third kappa shape index (κ3) is 4.10. The number of halogens is 1. The molecule has 108 valence electrons. The van der Waals surface area contributed by atoms with E-state index in [-0.39, 0.29) is 18.4 Å². The molecule has 0 saturated heterocycles. The minimum atomic E-state index is -0.261. The second kappa shape index (κ2) is 7.28. The van der Waals surface area contributed by atoms with Crippen LogP contribution in [0.4, 0.5) is 5.13 Å². The molecule has 0 bridgehead atoms. The Morgan fingerprint density at radius 3 is 2.95 bits per heavy atom. The number of rotatable bonds is 6. The lowest BCUT2D eigenvalue weighted by molar-refractivity contribution is -0.118. The van der Waals surface area contributed by atoms with Crippen molar-refractivity contribution in [1.82, 2.24) is 4.98 Å². The molecule has 2 aromatic heterocycles. The summed E-state index contributed by atoms with van der Waals surface area (Å²) in [5, 5.41) is 7.27. The van der Waals surface area contributed by atoms with Crippen molar-refractivity contribution in [2.75, 3.05) is 19.0 Å². The molecular weight excluding hydrogens is 362 g/mol. The van der Waals surface area contributed by atoms with Gasteiger partial charge in [0.25, 0.3) is 0 Å². The number of aromatic nitrogens is 1. The lowest BCUT2D eigenvalue weighted by Crippen LogP contribution is -2.28. The first-order valence-corrected chi connectivity index (χ1v) is 8.40. The van der Waals surface area contributed by atoms with E-state index in [1.54, 1.807) is 18.4 Å². The predicted octanol–water partition coefficient (Wildman–Crippen LogP) is 2.94. The van der Waals surface area contributed by atoms with E-state index in [0.717, 1.165) is 15.0 Å². The summed E-state index contributed by atoms with van der Waals surface area (Å²) < 4.78 is 6.11. The van der Waals surface area contributed by atoms with E-state index < -0.39 is 0 Å². The highest BCUT2D eigenvalue weighted by atomic mass is 79.9. The molecule has 1 atom stereocenters. The quantitative estimate of drug-likeness (QED) is 0.813. The molecule has 3 N–H and O–H groups in total. The summed E-state index contributed by atoms with van der Waals surface area (Å²) in [5.41, 5.74) is 6.35. The third-order valence-electron chi connectivity index (χ3n) is 2.58. The normalized spacial score (nSPS) is 12.3. The molecule has 0 spiro atoms. The molecule has 0 aliphatic heterocycles. The number of hydrogen-bond donors (Lipinski definition) is 2. The van der Waals surface area contributed by atoms with Crippen LogP contribution in [-0.2, 0) is 9.53 Å². The van der Waals surface area contributed by atoms with E-state index in [4.69, 9.17) is 10.5 Å². The van der Waals surface area contributed by atoms with Gasteiger partial charge in [0.05, 0.1) is 23.1 Å². The Hall–Kier alpha value is -0.800. The average Bonchev–Trinajstić information content (AvgIpc) is 3.05. The van der Waals surface area contributed by atoms with Crippen molar-refractivity contribution in [2.45, 2.75) is 12.5 Å². The summed E-state index contributed by atoms with van der Waals surface area (Å²) in [7, 11) is 1.54. The number of carbonyl (C=O) groups excluding carboxylic acids is 1. The molecule has 2 rings (SSSR count). The van der Waals surface area contributed by atoms with Gasteiger partial charge in [-0.25, -0.2) is 4.98 Å². The van der Waals surface area contributed by atoms with Gasteiger partial charge in [0.2, 0.25) is 5.91 Å². The van der Waals surface area contributed by atoms with Gasteiger partial charge in [-0.2, -0.15) is 0 Å². The predicted molar refractivity (Wildman–Crippen MR) is 86.2 cm³/mol. The molecule has 20 heavy (non-hydrogen) atoms. The first-order valence-electron chi connectivity index (χ1n) is 5.85. The van der Waals surface area contributed by atoms with Crippen LogP contribution >= 0.6 is 38.6 Å². The van der Waals surface area contributed by atoms with Crippen molar-refractivity contribution >= 4 is 49.6 Å². The number of nitrogens with two attached hydrogens (primary N) is 1. The van der Waals surface area contributed by atoms with Gasteiger partial charge < -0.3 is 15.8 Å². The van der Waals surface area contributed by atoms with E-state index >= 15 is 0 Å². The standard InChI is InChI=1S/C12H14BrN3O2S2/c1-18-8(4-14)3-11(17)16-12-15-9(6-20-12)10-2-7(13)5-19-10/h2,5-6,8H,3-4,14H2,1H3,(H,15,16,17). The zero-order chi connectivity index (χ0) is 14.5. The lowest BCUT2D eigenvalue weighted by Gasteiger charge is -2.11. The fourth-order valence-corrected chi connectivity index (χ4v) is 3.72. The van der Waals surface area contributed by atoms with E-state index in [0.29, 0.717) is 11.7 Å². The Labute approximate surface area is 133 Å². The lowest BCUT2D eigenvalue weighted by atomic mass is 10.2. The smallest absolute Gasteiger partial charge is 0.228 e. The summed E-state index contributed by atoms with van der Waals surface area (Å²) in [6.45, 7) is 0.316. The highest BCUT2D eigenvalue weighted by molar-refractivity contribution is 9.10. The van der Waals surface area contributed by atoms with Crippen molar-refractivity contribution in [3.8, 4) is 10.6 Å². The molecule has 0 radical (unpaired) electrons. The van der Waals surface area contributed by atoms with Crippen LogP contribution in [0.15, 0.2) is 21.3 Å². The molecule has 0 saturated carbocycles. The van der Waals surface area contributed by atoms with Gasteiger partial charge >= 0.3 is 0 Å². The molecular formula is C12H14BrN3O2S2. The largest absolute Gasteiger partial charge is 0.380 e. The fourth-order valence-electron chi connectivity index (χ4n) is 1.53. The van der Waals surface area contributed by atoms with Crippen LogP contribution in [0.1, 0.15) is 6.42 Å². The number of carbonyl (C=O) groups is 1. The van der Waals surface area contributed by atoms with E-state index in [1.807, 2.05) is 16.8 Å². The Bertz CT molecular complexity index is 581. The summed E-state index contributed by atoms with van der Waals surface area (Å²) in [6, 6.07) is 2.00. The summed E-state index contributed by atoms with van der Waals surface area (Å²) >= 11 is 6.41. The molecule has 2 aromatic rings. The van der Waals surface area contributed by atoms with Crippen molar-refractivity contribution < 1.29 is 9.53 Å². The fraction of sp³-hybridized carbons (Fsp3) is 0.333. The highest BCUT2D eigenvalue weighted by Gasteiger charge is 2.13. The number of hydrogen-bond acceptors (Lipinski definition) is 6. The van der Waals surface area contributed by atoms with Crippen molar-refractivity contribution in [2.24, 2.45) is 5.73 Å². The van der Waals surface area contributed by atoms with E-state index in [1.165, 1.54) is 11.3 Å². The summed E-state index contributed by atoms with van der Waals surface area (Å²) in [6.07, 6.45) is -0.0328. The number of thiophene rings is 1. The second-order valence-corrected chi connectivity index (χ2v) is 6.70. The molecule has 0 aliphatic rings. The molecule has 0 aliphatic carbocycles. The molecule has 1 unspecified atom stereocenters. The Morgan fingerprint density at radius 1 is 1.55 bits per heavy atom. The molecule has 0 fully saturated rings. The number of nitrogens with one attached hydrogen (secondary N) is 1. The van der Waals surface area contributed by atoms with Gasteiger partial charge in [0.1, 0.15) is 0 Å². The maximum Gasteiger partial charge on any atom is 0.228 e. The van der Waals surface area contributed by atoms with Gasteiger partial charge in [-0.3, -0.25) is 4.79 Å². The zero-order valence-electron chi connectivity index (χ0n) is 10.8. The Balaban J connectivity index is 1.97. The van der Waals surface area contributed by atoms with Crippen LogP contribution < -0.4 is 11.1 Å². The number of anilines is 1. The number of thiazole rings is 1. The summed E-state index contributed by atoms with van der Waals surface area (Å²) in [5.74, 6) is -0.143. The first kappa shape index (κ1) is 15.6. The van der Waals surface area contributed by atoms with Crippen LogP contribution in [0.5, 0.6) is 0 Å². The minimum Gasteiger partial charge on any atom is -0.380 e. The van der Waals surface area contributed by atoms with Crippen molar-refractivity contribution in [3.63, 3.8) is 0 Å². The van der Waals surface area contributed by atoms with Gasteiger partial charge in [0.15, 0.2) is 5.13 Å². The highest BCUT2D eigenvalue weighted by Crippen LogP contribution is 2.31. The number of nitrogens with zero attached hydrogens (tertiary/aromatic N) is 1. The molecule has 1 amide bonds. The first-order chi connectivity index (χ1) is 9.62. The van der Waals surface area contributed by atoms with Gasteiger partial charge in [-0.1, -0.05) is 0 Å². The average molecular weight is 376 g/mol. The molecule has 8 heteroatoms. The van der Waals surface area contributed by atoms with Crippen molar-refractivity contribution in [1.29, 1.82) is 0 Å². The van der Waals surface area contributed by atoms with Crippen LogP contribution in [0.3, 0.4) is 0 Å². The van der Waals surface area contributed by atoms with E-state index in [9.17, 15) is 4.79 Å². The number of amides is 1. The SMILES string of the molecule is COC(CN)CC(=O)Nc1nc(-c2cc(Br)cs2)cs1. The Kier molecular flexibility index (Phi) is 5.67. The minimum absolute atomic E-state index is 0.143. The van der Waals surface area contributed by atoms with Crippen LogP contribution in [-0.4, -0.2) is 30.6 Å². The topological polar surface area (TPSA) is 77.2 Å². The van der Waals surface area contributed by atoms with Crippen LogP contribution in [0, 0.1) is 0 Å². The van der Waals surface area contributed by atoms with Crippen LogP contribution in [0.2, 0.25) is 0 Å². The maximum atomic E-state index is 11.8. The van der Waals surface area contributed by atoms with E-state index in [2.05, 4.69) is 26.2 Å². The second-order valence-electron chi connectivity index (χ2n) is 4.01. The zero-order valence-corrected chi connectivity index (χ0v) is 14.0. The monoisotopic (exact) mass is 375 g/mol. The van der Waals surface area contributed by atoms with Gasteiger partial charge in [-0.05, 0) is 22.0 Å². The van der Waals surface area contributed by atoms with Crippen molar-refractivity contribution in [3.05, 3.63) is 21.3 Å².